The maximum absolute atomic E-state index is 12.8. The van der Waals surface area contributed by atoms with E-state index in [1.807, 2.05) is 24.3 Å². The lowest BCUT2D eigenvalue weighted by Gasteiger charge is -2.34. The lowest BCUT2D eigenvalue weighted by atomic mass is 9.83. The first-order chi connectivity index (χ1) is 11.0. The van der Waals surface area contributed by atoms with Crippen molar-refractivity contribution in [1.82, 2.24) is 10.6 Å². The minimum absolute atomic E-state index is 0.0626. The van der Waals surface area contributed by atoms with Gasteiger partial charge in [0, 0.05) is 18.5 Å². The van der Waals surface area contributed by atoms with Gasteiger partial charge >= 0.3 is 0 Å². The molecule has 2 amide bonds. The summed E-state index contributed by atoms with van der Waals surface area (Å²) in [6, 6.07) is 9.11. The number of benzene rings is 1. The maximum Gasteiger partial charge on any atom is 0.252 e. The fourth-order valence-electron chi connectivity index (χ4n) is 5.54. The fourth-order valence-corrected chi connectivity index (χ4v) is 5.54. The summed E-state index contributed by atoms with van der Waals surface area (Å²) in [5, 5.41) is 5.93. The van der Waals surface area contributed by atoms with Crippen LogP contribution in [0.2, 0.25) is 0 Å². The molecule has 0 radical (unpaired) electrons. The molecule has 23 heavy (non-hydrogen) atoms. The van der Waals surface area contributed by atoms with Crippen molar-refractivity contribution in [3.8, 4) is 0 Å². The van der Waals surface area contributed by atoms with Crippen LogP contribution in [0.1, 0.15) is 23.7 Å². The first kappa shape index (κ1) is 14.5. The normalized spacial score (nSPS) is 41.7. The molecule has 0 aliphatic heterocycles. The minimum Gasteiger partial charge on any atom is -0.357 e. The van der Waals surface area contributed by atoms with Gasteiger partial charge in [-0.2, -0.15) is 0 Å². The van der Waals surface area contributed by atoms with Crippen LogP contribution in [0.25, 0.3) is 0 Å². The third kappa shape index (κ3) is 1.56. The van der Waals surface area contributed by atoms with Crippen molar-refractivity contribution in [2.45, 2.75) is 18.9 Å². The average Bonchev–Trinajstić information content (AvgIpc) is 3.29. The van der Waals surface area contributed by atoms with E-state index < -0.39 is 5.54 Å². The van der Waals surface area contributed by atoms with Gasteiger partial charge in [-0.25, -0.2) is 0 Å². The zero-order chi connectivity index (χ0) is 16.4. The number of likely N-dealkylation sites (N-methyl/N-ethyl adjacent to an activating group) is 1. The molecule has 2 N–H and O–H groups in total. The lowest BCUT2D eigenvalue weighted by molar-refractivity contribution is -0.128. The molecule has 4 nitrogen and oxygen atoms in total. The molecular formula is C19H22N2O2. The predicted octanol–water partition coefficient (Wildman–Crippen LogP) is 1.99. The maximum atomic E-state index is 12.8. The molecule has 1 aromatic rings. The monoisotopic (exact) mass is 310 g/mol. The van der Waals surface area contributed by atoms with Crippen LogP contribution in [0.15, 0.2) is 43.0 Å². The van der Waals surface area contributed by atoms with Gasteiger partial charge in [0.2, 0.25) is 5.91 Å². The van der Waals surface area contributed by atoms with Gasteiger partial charge in [0.05, 0.1) is 0 Å². The average molecular weight is 310 g/mol. The number of hydrogen-bond donors (Lipinski definition) is 2. The highest BCUT2D eigenvalue weighted by molar-refractivity contribution is 6.01. The largest absolute Gasteiger partial charge is 0.357 e. The minimum atomic E-state index is -0.792. The molecule has 4 aliphatic rings. The van der Waals surface area contributed by atoms with Crippen LogP contribution in [0.4, 0.5) is 0 Å². The highest BCUT2D eigenvalue weighted by Crippen LogP contribution is 2.95. The Morgan fingerprint density at radius 1 is 1.26 bits per heavy atom. The zero-order valence-corrected chi connectivity index (χ0v) is 13.5. The van der Waals surface area contributed by atoms with Crippen LogP contribution in [0.3, 0.4) is 0 Å². The predicted molar refractivity (Wildman–Crippen MR) is 87.6 cm³/mol. The first-order valence-corrected chi connectivity index (χ1v) is 8.24. The molecule has 2 bridgehead atoms. The number of carbonyl (C=O) groups is 2. The Hall–Kier alpha value is -2.10. The molecule has 0 aromatic heterocycles. The Morgan fingerprint density at radius 3 is 2.48 bits per heavy atom. The van der Waals surface area contributed by atoms with E-state index in [2.05, 4.69) is 24.1 Å². The van der Waals surface area contributed by atoms with E-state index in [-0.39, 0.29) is 29.1 Å². The summed E-state index contributed by atoms with van der Waals surface area (Å²) >= 11 is 0. The molecular weight excluding hydrogens is 288 g/mol. The summed E-state index contributed by atoms with van der Waals surface area (Å²) in [7, 11) is 1.65. The summed E-state index contributed by atoms with van der Waals surface area (Å²) in [4.78, 5) is 25.6. The van der Waals surface area contributed by atoms with Crippen molar-refractivity contribution in [3.05, 3.63) is 48.6 Å². The van der Waals surface area contributed by atoms with Crippen molar-refractivity contribution in [2.24, 2.45) is 29.1 Å². The van der Waals surface area contributed by atoms with Crippen molar-refractivity contribution in [3.63, 3.8) is 0 Å². The van der Waals surface area contributed by atoms with Crippen molar-refractivity contribution >= 4 is 11.8 Å². The number of rotatable bonds is 5. The summed E-state index contributed by atoms with van der Waals surface area (Å²) < 4.78 is 0. The molecule has 0 spiro atoms. The third-order valence-electron chi connectivity index (χ3n) is 6.52. The summed E-state index contributed by atoms with van der Waals surface area (Å²) in [6.45, 7) is 6.11. The second kappa shape index (κ2) is 4.47. The Morgan fingerprint density at radius 2 is 1.91 bits per heavy atom. The zero-order valence-electron chi connectivity index (χ0n) is 13.5. The van der Waals surface area contributed by atoms with Gasteiger partial charge < -0.3 is 10.6 Å². The standard InChI is InChI=1S/C19H22N2O2/c1-4-8-12-13-14-15(18(13,14)2)19(12,17(23)20-3)21-16(22)11-9-6-5-7-10-11/h4-7,9-10,12-15H,1,8H2,2-3H3,(H,20,23)(H,21,22)/t12-,13?,14-,15+,18-,19-/m1/s1. The Bertz CT molecular complexity index is 701. The number of allylic oxidation sites excluding steroid dienone is 1. The topological polar surface area (TPSA) is 58.2 Å². The number of carbonyl (C=O) groups excluding carboxylic acids is 2. The number of amides is 2. The molecule has 4 aliphatic carbocycles. The quantitative estimate of drug-likeness (QED) is 0.817. The van der Waals surface area contributed by atoms with Gasteiger partial charge in [0.25, 0.3) is 5.91 Å². The molecule has 4 fully saturated rings. The van der Waals surface area contributed by atoms with Gasteiger partial charge in [-0.05, 0) is 41.7 Å². The molecule has 0 saturated heterocycles. The van der Waals surface area contributed by atoms with Gasteiger partial charge in [-0.3, -0.25) is 9.59 Å². The number of fused-ring (bicyclic) bond motifs is 1. The van der Waals surface area contributed by atoms with Gasteiger partial charge in [0.1, 0.15) is 5.54 Å². The van der Waals surface area contributed by atoms with Crippen LogP contribution in [0, 0.1) is 29.1 Å². The molecule has 0 heterocycles. The smallest absolute Gasteiger partial charge is 0.252 e. The molecule has 1 unspecified atom stereocenters. The lowest BCUT2D eigenvalue weighted by Crippen LogP contribution is -2.61. The SMILES string of the molecule is C=CC[C@@H]1C2[C@@H]3[C@H]([C@@]1(NC(=O)c1ccccc1)C(=O)NC)[C@]23C. The van der Waals surface area contributed by atoms with Crippen LogP contribution in [0.5, 0.6) is 0 Å². The highest BCUT2D eigenvalue weighted by atomic mass is 16.2. The molecule has 1 aromatic carbocycles. The van der Waals surface area contributed by atoms with E-state index in [1.54, 1.807) is 19.2 Å². The summed E-state index contributed by atoms with van der Waals surface area (Å²) in [6.07, 6.45) is 2.64. The third-order valence-corrected chi connectivity index (χ3v) is 6.52. The second-order valence-corrected chi connectivity index (χ2v) is 7.29. The molecule has 4 heteroatoms. The molecule has 120 valence electrons. The van der Waals surface area contributed by atoms with Crippen molar-refractivity contribution in [1.29, 1.82) is 0 Å². The number of hydrogen-bond acceptors (Lipinski definition) is 2. The summed E-state index contributed by atoms with van der Waals surface area (Å²) in [5.41, 5.74) is 0.0433. The van der Waals surface area contributed by atoms with Crippen LogP contribution in [-0.4, -0.2) is 24.4 Å². The molecule has 4 saturated carbocycles. The van der Waals surface area contributed by atoms with Crippen LogP contribution in [-0.2, 0) is 4.79 Å². The Labute approximate surface area is 136 Å². The van der Waals surface area contributed by atoms with Gasteiger partial charge in [0.15, 0.2) is 0 Å². The van der Waals surface area contributed by atoms with E-state index in [9.17, 15) is 9.59 Å². The van der Waals surface area contributed by atoms with Crippen LogP contribution < -0.4 is 10.6 Å². The first-order valence-electron chi connectivity index (χ1n) is 8.24. The fraction of sp³-hybridized carbons (Fsp3) is 0.474. The van der Waals surface area contributed by atoms with Gasteiger partial charge in [-0.1, -0.05) is 31.2 Å². The molecule has 6 atom stereocenters. The van der Waals surface area contributed by atoms with E-state index in [0.29, 0.717) is 17.4 Å². The molecule has 5 rings (SSSR count). The number of nitrogens with one attached hydrogen (secondary N) is 2. The summed E-state index contributed by atoms with van der Waals surface area (Å²) in [5.74, 6) is 1.30. The van der Waals surface area contributed by atoms with Crippen LogP contribution >= 0.6 is 0 Å². The highest BCUT2D eigenvalue weighted by Gasteiger charge is 2.97. The van der Waals surface area contributed by atoms with E-state index in [0.717, 1.165) is 6.42 Å². The second-order valence-electron chi connectivity index (χ2n) is 7.29. The van der Waals surface area contributed by atoms with Crippen molar-refractivity contribution < 1.29 is 9.59 Å². The van der Waals surface area contributed by atoms with E-state index in [1.165, 1.54) is 0 Å². The Kier molecular flexibility index (Phi) is 2.81. The van der Waals surface area contributed by atoms with E-state index in [4.69, 9.17) is 0 Å². The van der Waals surface area contributed by atoms with E-state index >= 15 is 0 Å². The van der Waals surface area contributed by atoms with Crippen molar-refractivity contribution in [2.75, 3.05) is 7.05 Å². The van der Waals surface area contributed by atoms with Gasteiger partial charge in [-0.15, -0.1) is 6.58 Å². The Balaban J connectivity index is 1.70.